The molecule has 3 N–H and O–H groups in total. The van der Waals surface area contributed by atoms with Gasteiger partial charge in [-0.3, -0.25) is 4.79 Å². The summed E-state index contributed by atoms with van der Waals surface area (Å²) in [6, 6.07) is 10.8. The minimum Gasteiger partial charge on any atom is -0.423 e. The van der Waals surface area contributed by atoms with E-state index in [9.17, 15) is 18.0 Å². The summed E-state index contributed by atoms with van der Waals surface area (Å²) in [6.45, 7) is 1.32. The molecule has 0 bridgehead atoms. The van der Waals surface area contributed by atoms with Crippen LogP contribution in [0.15, 0.2) is 53.2 Å². The lowest BCUT2D eigenvalue weighted by Crippen LogP contribution is -2.72. The number of piperidine rings is 1. The predicted molar refractivity (Wildman–Crippen MR) is 136 cm³/mol. The van der Waals surface area contributed by atoms with Gasteiger partial charge in [-0.25, -0.2) is 9.97 Å². The Morgan fingerprint density at radius 1 is 1.03 bits per heavy atom. The van der Waals surface area contributed by atoms with Crippen molar-refractivity contribution in [1.82, 2.24) is 15.3 Å². The number of fused-ring (bicyclic) bond motifs is 2. The van der Waals surface area contributed by atoms with Crippen LogP contribution >= 0.6 is 0 Å². The number of piperazine rings is 1. The number of nitrogens with two attached hydrogens (primary N) is 1. The van der Waals surface area contributed by atoms with E-state index >= 15 is 0 Å². The Bertz CT molecular complexity index is 1310. The van der Waals surface area contributed by atoms with E-state index in [1.54, 1.807) is 24.4 Å². The van der Waals surface area contributed by atoms with Gasteiger partial charge in [0.1, 0.15) is 5.69 Å². The van der Waals surface area contributed by atoms with Crippen molar-refractivity contribution in [3.63, 3.8) is 0 Å². The fraction of sp³-hybridized carbons (Fsp3) is 0.444. The van der Waals surface area contributed by atoms with E-state index < -0.39 is 17.8 Å². The van der Waals surface area contributed by atoms with Gasteiger partial charge in [0.2, 0.25) is 5.91 Å². The molecule has 200 valence electrons. The zero-order valence-corrected chi connectivity index (χ0v) is 20.7. The summed E-state index contributed by atoms with van der Waals surface area (Å²) in [5, 5.41) is 3.85. The van der Waals surface area contributed by atoms with Crippen molar-refractivity contribution in [2.75, 3.05) is 22.9 Å². The highest BCUT2D eigenvalue weighted by Gasteiger charge is 2.47. The van der Waals surface area contributed by atoms with E-state index in [4.69, 9.17) is 10.2 Å². The monoisotopic (exact) mass is 526 g/mol. The third-order valence-corrected chi connectivity index (χ3v) is 8.00. The summed E-state index contributed by atoms with van der Waals surface area (Å²) in [5.74, 6) is 0.0652. The maximum absolute atomic E-state index is 13.0. The van der Waals surface area contributed by atoms with Gasteiger partial charge in [0.15, 0.2) is 5.76 Å². The van der Waals surface area contributed by atoms with Gasteiger partial charge in [-0.15, -0.1) is 0 Å². The van der Waals surface area contributed by atoms with E-state index in [0.717, 1.165) is 43.7 Å². The lowest BCUT2D eigenvalue weighted by Gasteiger charge is -2.55. The van der Waals surface area contributed by atoms with Gasteiger partial charge < -0.3 is 25.3 Å². The number of carbonyl (C=O) groups is 1. The normalized spacial score (nSPS) is 25.6. The summed E-state index contributed by atoms with van der Waals surface area (Å²) in [6.07, 6.45) is 3.68. The number of halogens is 3. The summed E-state index contributed by atoms with van der Waals surface area (Å²) < 4.78 is 45.3. The highest BCUT2D eigenvalue weighted by atomic mass is 19.4. The number of benzene rings is 1. The standard InChI is InChI=1S/C27H29F3N6O2/c28-27(29,30)24-9-8-18(13-32-24)35-11-10-22-20(15-35)34-19-6-1-2-7-21(19)36(22)26-33-14-23(38-26)16-4-3-5-17(12-16)25(31)37/h3-5,8-9,12-14,19-22,34H,1-2,6-7,10-11,15H2,(H2,31,37)/t19-,20-,21-,22?/m1/s1. The number of nitrogens with zero attached hydrogens (tertiary/aromatic N) is 4. The number of hydrogen-bond acceptors (Lipinski definition) is 7. The lowest BCUT2D eigenvalue weighted by atomic mass is 9.82. The van der Waals surface area contributed by atoms with Gasteiger partial charge in [-0.2, -0.15) is 13.2 Å². The number of hydrogen-bond donors (Lipinski definition) is 2. The first-order valence-corrected chi connectivity index (χ1v) is 13.0. The molecule has 6 rings (SSSR count). The lowest BCUT2D eigenvalue weighted by molar-refractivity contribution is -0.141. The van der Waals surface area contributed by atoms with Crippen LogP contribution in [0.2, 0.25) is 0 Å². The van der Waals surface area contributed by atoms with Crippen LogP contribution in [0, 0.1) is 0 Å². The maximum Gasteiger partial charge on any atom is 0.433 e. The molecule has 0 spiro atoms. The minimum atomic E-state index is -4.46. The van der Waals surface area contributed by atoms with E-state index in [1.807, 2.05) is 6.07 Å². The second-order valence-electron chi connectivity index (χ2n) is 10.3. The predicted octanol–water partition coefficient (Wildman–Crippen LogP) is 4.22. The van der Waals surface area contributed by atoms with Gasteiger partial charge in [-0.1, -0.05) is 25.0 Å². The third-order valence-electron chi connectivity index (χ3n) is 8.00. The third kappa shape index (κ3) is 4.59. The number of anilines is 2. The smallest absolute Gasteiger partial charge is 0.423 e. The second kappa shape index (κ2) is 9.61. The number of nitrogens with one attached hydrogen (secondary N) is 1. The van der Waals surface area contributed by atoms with Crippen LogP contribution in [0.3, 0.4) is 0 Å². The summed E-state index contributed by atoms with van der Waals surface area (Å²) in [4.78, 5) is 24.4. The zero-order valence-electron chi connectivity index (χ0n) is 20.7. The first-order chi connectivity index (χ1) is 18.3. The van der Waals surface area contributed by atoms with Crippen LogP contribution in [0.1, 0.15) is 48.2 Å². The highest BCUT2D eigenvalue weighted by Crippen LogP contribution is 2.38. The number of rotatable bonds is 4. The molecule has 3 aromatic rings. The Hall–Kier alpha value is -3.60. The molecule has 1 aromatic carbocycles. The quantitative estimate of drug-likeness (QED) is 0.525. The Labute approximate surface area is 218 Å². The van der Waals surface area contributed by atoms with Crippen molar-refractivity contribution < 1.29 is 22.4 Å². The average molecular weight is 527 g/mol. The van der Waals surface area contributed by atoms with Gasteiger partial charge >= 0.3 is 6.18 Å². The number of oxazole rings is 1. The summed E-state index contributed by atoms with van der Waals surface area (Å²) in [7, 11) is 0. The van der Waals surface area contributed by atoms with E-state index in [2.05, 4.69) is 25.1 Å². The average Bonchev–Trinajstić information content (AvgIpc) is 3.41. The largest absolute Gasteiger partial charge is 0.433 e. The van der Waals surface area contributed by atoms with Crippen LogP contribution in [-0.2, 0) is 6.18 Å². The number of amides is 1. The van der Waals surface area contributed by atoms with Crippen molar-refractivity contribution >= 4 is 17.6 Å². The van der Waals surface area contributed by atoms with Gasteiger partial charge in [0, 0.05) is 42.3 Å². The molecule has 2 aromatic heterocycles. The summed E-state index contributed by atoms with van der Waals surface area (Å²) in [5.41, 5.74) is 6.39. The first kappa shape index (κ1) is 24.7. The van der Waals surface area contributed by atoms with Crippen LogP contribution < -0.4 is 20.9 Å². The zero-order chi connectivity index (χ0) is 26.4. The van der Waals surface area contributed by atoms with Crippen LogP contribution in [0.5, 0.6) is 0 Å². The molecule has 11 heteroatoms. The molecule has 4 atom stereocenters. The molecule has 1 unspecified atom stereocenters. The van der Waals surface area contributed by atoms with E-state index in [-0.39, 0.29) is 24.2 Å². The van der Waals surface area contributed by atoms with Crippen molar-refractivity contribution in [3.05, 3.63) is 60.0 Å². The highest BCUT2D eigenvalue weighted by molar-refractivity contribution is 5.93. The Balaban J connectivity index is 1.26. The molecule has 1 saturated carbocycles. The number of primary amides is 1. The molecular formula is C27H29F3N6O2. The Morgan fingerprint density at radius 2 is 1.84 bits per heavy atom. The molecule has 2 aliphatic heterocycles. The molecule has 0 radical (unpaired) electrons. The minimum absolute atomic E-state index is 0.0823. The van der Waals surface area contributed by atoms with Crippen molar-refractivity contribution in [1.29, 1.82) is 0 Å². The molecule has 3 fully saturated rings. The fourth-order valence-electron chi connectivity index (χ4n) is 6.20. The molecule has 2 saturated heterocycles. The van der Waals surface area contributed by atoms with Gasteiger partial charge in [0.25, 0.3) is 6.01 Å². The molecule has 3 aliphatic rings. The van der Waals surface area contributed by atoms with E-state index in [1.165, 1.54) is 12.3 Å². The van der Waals surface area contributed by atoms with Crippen LogP contribution in [0.25, 0.3) is 11.3 Å². The van der Waals surface area contributed by atoms with Gasteiger partial charge in [0.05, 0.1) is 24.1 Å². The topological polar surface area (TPSA) is 101 Å². The van der Waals surface area contributed by atoms with E-state index in [0.29, 0.717) is 36.1 Å². The molecule has 1 amide bonds. The molecule has 1 aliphatic carbocycles. The molecule has 4 heterocycles. The SMILES string of the molecule is NC(=O)c1cccc(-c2cnc(N3C4CCN(c5ccc(C(F)(F)F)nc5)C[C@H]4N[C@@H]4CCCC[C@H]43)o2)c1. The van der Waals surface area contributed by atoms with Crippen LogP contribution in [0.4, 0.5) is 24.9 Å². The number of alkyl halides is 3. The number of carbonyl (C=O) groups excluding carboxylic acids is 1. The Morgan fingerprint density at radius 3 is 2.61 bits per heavy atom. The van der Waals surface area contributed by atoms with Crippen molar-refractivity contribution in [3.8, 4) is 11.3 Å². The number of aromatic nitrogens is 2. The first-order valence-electron chi connectivity index (χ1n) is 13.0. The summed E-state index contributed by atoms with van der Waals surface area (Å²) >= 11 is 0. The van der Waals surface area contributed by atoms with Crippen LogP contribution in [-0.4, -0.2) is 53.1 Å². The second-order valence-corrected chi connectivity index (χ2v) is 10.3. The number of pyridine rings is 1. The fourth-order valence-corrected chi connectivity index (χ4v) is 6.20. The maximum atomic E-state index is 13.0. The van der Waals surface area contributed by atoms with Crippen molar-refractivity contribution in [2.24, 2.45) is 5.73 Å². The van der Waals surface area contributed by atoms with Gasteiger partial charge in [-0.05, 0) is 43.5 Å². The Kier molecular flexibility index (Phi) is 6.25. The molecular weight excluding hydrogens is 497 g/mol. The molecule has 38 heavy (non-hydrogen) atoms. The van der Waals surface area contributed by atoms with Crippen molar-refractivity contribution in [2.45, 2.75) is 62.4 Å². The molecule has 8 nitrogen and oxygen atoms in total.